The van der Waals surface area contributed by atoms with Gasteiger partial charge in [0.1, 0.15) is 18.6 Å². The van der Waals surface area contributed by atoms with Gasteiger partial charge in [0.2, 0.25) is 5.88 Å². The molecule has 0 saturated heterocycles. The summed E-state index contributed by atoms with van der Waals surface area (Å²) < 4.78 is 11.0. The minimum absolute atomic E-state index is 0.425. The fourth-order valence-corrected chi connectivity index (χ4v) is 2.76. The topological polar surface area (TPSA) is 70.0 Å². The zero-order valence-electron chi connectivity index (χ0n) is 16.5. The highest BCUT2D eigenvalue weighted by Crippen LogP contribution is 2.32. The standard InChI is InChI=1S/C21H24N2O4/c1-7-16(21(24)25-5)17-10-8-9-11-18(17)27-20-14(3)12-13(2)19(22-20)15(4)23-26-6/h7-12H,1-6H3/b16-7-,23-15-. The number of oxime groups is 1. The molecule has 27 heavy (non-hydrogen) atoms. The molecule has 142 valence electrons. The lowest BCUT2D eigenvalue weighted by Crippen LogP contribution is -2.07. The predicted molar refractivity (Wildman–Crippen MR) is 105 cm³/mol. The number of methoxy groups -OCH3 is 1. The van der Waals surface area contributed by atoms with Crippen LogP contribution >= 0.6 is 0 Å². The van der Waals surface area contributed by atoms with Crippen molar-refractivity contribution in [1.29, 1.82) is 0 Å². The van der Waals surface area contributed by atoms with E-state index in [1.807, 2.05) is 45.0 Å². The van der Waals surface area contributed by atoms with E-state index in [9.17, 15) is 4.79 Å². The van der Waals surface area contributed by atoms with Crippen molar-refractivity contribution in [3.8, 4) is 11.6 Å². The normalized spacial score (nSPS) is 11.9. The van der Waals surface area contributed by atoms with Crippen LogP contribution in [0.1, 0.15) is 36.2 Å². The summed E-state index contributed by atoms with van der Waals surface area (Å²) in [7, 11) is 2.84. The van der Waals surface area contributed by atoms with Gasteiger partial charge in [0.25, 0.3) is 0 Å². The van der Waals surface area contributed by atoms with E-state index >= 15 is 0 Å². The summed E-state index contributed by atoms with van der Waals surface area (Å²) in [5.41, 5.74) is 4.24. The number of esters is 1. The van der Waals surface area contributed by atoms with Crippen LogP contribution in [0.3, 0.4) is 0 Å². The van der Waals surface area contributed by atoms with Crippen LogP contribution in [0, 0.1) is 13.8 Å². The molecule has 0 radical (unpaired) electrons. The van der Waals surface area contributed by atoms with Gasteiger partial charge in [-0.05, 0) is 45.4 Å². The number of allylic oxidation sites excluding steroid dienone is 1. The molecule has 0 spiro atoms. The minimum Gasteiger partial charge on any atom is -0.465 e. The van der Waals surface area contributed by atoms with Crippen LogP contribution in [0.25, 0.3) is 5.57 Å². The molecule has 1 aromatic heterocycles. The van der Waals surface area contributed by atoms with Gasteiger partial charge in [-0.25, -0.2) is 9.78 Å². The molecule has 0 saturated carbocycles. The van der Waals surface area contributed by atoms with Crippen LogP contribution in [0.15, 0.2) is 41.6 Å². The Bertz CT molecular complexity index is 901. The fourth-order valence-electron chi connectivity index (χ4n) is 2.76. The van der Waals surface area contributed by atoms with Gasteiger partial charge in [-0.15, -0.1) is 0 Å². The smallest absolute Gasteiger partial charge is 0.338 e. The first kappa shape index (κ1) is 20.2. The molecule has 0 bridgehead atoms. The van der Waals surface area contributed by atoms with E-state index in [1.54, 1.807) is 19.1 Å². The number of pyridine rings is 1. The third-order valence-electron chi connectivity index (χ3n) is 4.01. The number of aryl methyl sites for hydroxylation is 2. The molecule has 0 amide bonds. The van der Waals surface area contributed by atoms with Gasteiger partial charge in [0, 0.05) is 11.1 Å². The monoisotopic (exact) mass is 368 g/mol. The third-order valence-corrected chi connectivity index (χ3v) is 4.01. The van der Waals surface area contributed by atoms with Crippen molar-refractivity contribution >= 4 is 17.3 Å². The Balaban J connectivity index is 2.51. The highest BCUT2D eigenvalue weighted by Gasteiger charge is 2.18. The highest BCUT2D eigenvalue weighted by atomic mass is 16.6. The number of hydrogen-bond donors (Lipinski definition) is 0. The molecular weight excluding hydrogens is 344 g/mol. The van der Waals surface area contributed by atoms with Gasteiger partial charge >= 0.3 is 5.97 Å². The maximum atomic E-state index is 12.1. The van der Waals surface area contributed by atoms with E-state index in [2.05, 4.69) is 10.1 Å². The summed E-state index contributed by atoms with van der Waals surface area (Å²) in [4.78, 5) is 21.5. The Morgan fingerprint density at radius 3 is 2.48 bits per heavy atom. The Morgan fingerprint density at radius 1 is 1.15 bits per heavy atom. The molecule has 6 nitrogen and oxygen atoms in total. The van der Waals surface area contributed by atoms with E-state index in [1.165, 1.54) is 14.2 Å². The summed E-state index contributed by atoms with van der Waals surface area (Å²) >= 11 is 0. The molecular formula is C21H24N2O4. The van der Waals surface area contributed by atoms with Crippen molar-refractivity contribution in [3.63, 3.8) is 0 Å². The Kier molecular flexibility index (Phi) is 6.71. The van der Waals surface area contributed by atoms with Crippen molar-refractivity contribution < 1.29 is 19.1 Å². The van der Waals surface area contributed by atoms with E-state index < -0.39 is 5.97 Å². The maximum Gasteiger partial charge on any atom is 0.338 e. The van der Waals surface area contributed by atoms with E-state index in [4.69, 9.17) is 14.3 Å². The van der Waals surface area contributed by atoms with Crippen LogP contribution in [0.5, 0.6) is 11.6 Å². The minimum atomic E-state index is -0.425. The molecule has 0 unspecified atom stereocenters. The first-order valence-corrected chi connectivity index (χ1v) is 8.51. The van der Waals surface area contributed by atoms with E-state index in [-0.39, 0.29) is 0 Å². The number of hydrogen-bond acceptors (Lipinski definition) is 6. The molecule has 2 rings (SSSR count). The molecule has 0 fully saturated rings. The van der Waals surface area contributed by atoms with Gasteiger partial charge < -0.3 is 14.3 Å². The van der Waals surface area contributed by atoms with Gasteiger partial charge in [-0.3, -0.25) is 0 Å². The Labute approximate surface area is 159 Å². The first-order chi connectivity index (χ1) is 12.9. The van der Waals surface area contributed by atoms with Crippen molar-refractivity contribution in [1.82, 2.24) is 4.98 Å². The van der Waals surface area contributed by atoms with Crippen molar-refractivity contribution in [2.24, 2.45) is 5.16 Å². The second kappa shape index (κ2) is 8.98. The number of ether oxygens (including phenoxy) is 2. The second-order valence-electron chi connectivity index (χ2n) is 5.93. The number of carbonyl (C=O) groups excluding carboxylic acids is 1. The molecule has 2 aromatic rings. The largest absolute Gasteiger partial charge is 0.465 e. The first-order valence-electron chi connectivity index (χ1n) is 8.51. The number of para-hydroxylation sites is 1. The van der Waals surface area contributed by atoms with Crippen LogP contribution in [0.4, 0.5) is 0 Å². The molecule has 0 aliphatic carbocycles. The van der Waals surface area contributed by atoms with Crippen molar-refractivity contribution in [2.45, 2.75) is 27.7 Å². The third kappa shape index (κ3) is 4.53. The molecule has 1 heterocycles. The lowest BCUT2D eigenvalue weighted by atomic mass is 10.0. The van der Waals surface area contributed by atoms with E-state index in [0.29, 0.717) is 34.2 Å². The molecule has 1 aromatic carbocycles. The summed E-state index contributed by atoms with van der Waals surface area (Å²) in [6.07, 6.45) is 1.70. The summed E-state index contributed by atoms with van der Waals surface area (Å²) in [5, 5.41) is 3.96. The number of benzene rings is 1. The van der Waals surface area contributed by atoms with Gasteiger partial charge in [0.15, 0.2) is 0 Å². The van der Waals surface area contributed by atoms with Gasteiger partial charge in [0.05, 0.1) is 18.4 Å². The summed E-state index contributed by atoms with van der Waals surface area (Å²) in [6, 6.07) is 9.25. The van der Waals surface area contributed by atoms with Crippen LogP contribution in [0.2, 0.25) is 0 Å². The Hall–Kier alpha value is -3.15. The molecule has 0 aliphatic rings. The van der Waals surface area contributed by atoms with Crippen molar-refractivity contribution in [3.05, 3.63) is 58.8 Å². The van der Waals surface area contributed by atoms with Crippen molar-refractivity contribution in [2.75, 3.05) is 14.2 Å². The number of carbonyl (C=O) groups is 1. The molecule has 0 aliphatic heterocycles. The summed E-state index contributed by atoms with van der Waals surface area (Å²) in [5.74, 6) is 0.530. The summed E-state index contributed by atoms with van der Waals surface area (Å²) in [6.45, 7) is 7.47. The second-order valence-corrected chi connectivity index (χ2v) is 5.93. The fraction of sp³-hybridized carbons (Fsp3) is 0.286. The number of nitrogens with zero attached hydrogens (tertiary/aromatic N) is 2. The molecule has 0 N–H and O–H groups in total. The van der Waals surface area contributed by atoms with Gasteiger partial charge in [-0.1, -0.05) is 29.4 Å². The maximum absolute atomic E-state index is 12.1. The zero-order valence-corrected chi connectivity index (χ0v) is 16.5. The molecule has 0 atom stereocenters. The average Bonchev–Trinajstić information content (AvgIpc) is 2.65. The predicted octanol–water partition coefficient (Wildman–Crippen LogP) is 4.44. The average molecular weight is 368 g/mol. The molecule has 6 heteroatoms. The van der Waals surface area contributed by atoms with Crippen LogP contribution < -0.4 is 4.74 Å². The number of aromatic nitrogens is 1. The van der Waals surface area contributed by atoms with Crippen LogP contribution in [-0.2, 0) is 14.4 Å². The lowest BCUT2D eigenvalue weighted by molar-refractivity contribution is -0.133. The van der Waals surface area contributed by atoms with Gasteiger partial charge in [-0.2, -0.15) is 0 Å². The number of rotatable bonds is 6. The quantitative estimate of drug-likeness (QED) is 0.326. The Morgan fingerprint density at radius 2 is 1.85 bits per heavy atom. The SMILES string of the molecule is C/C=C(\C(=O)OC)c1ccccc1Oc1nc(/C(C)=N\OC)c(C)cc1C. The lowest BCUT2D eigenvalue weighted by Gasteiger charge is -2.15. The van der Waals surface area contributed by atoms with E-state index in [0.717, 1.165) is 11.1 Å². The highest BCUT2D eigenvalue weighted by molar-refractivity contribution is 6.17. The van der Waals surface area contributed by atoms with Crippen LogP contribution in [-0.4, -0.2) is 30.9 Å². The zero-order chi connectivity index (χ0) is 20.0.